The third kappa shape index (κ3) is 3.96. The molecule has 0 N–H and O–H groups in total. The molecule has 0 aliphatic carbocycles. The highest BCUT2D eigenvalue weighted by atomic mass is 32.2. The first-order valence-corrected chi connectivity index (χ1v) is 5.84. The molecule has 0 unspecified atom stereocenters. The number of hydrogen-bond donors (Lipinski definition) is 0. The van der Waals surface area contributed by atoms with Gasteiger partial charge < -0.3 is 0 Å². The van der Waals surface area contributed by atoms with Gasteiger partial charge in [0.1, 0.15) is 0 Å². The van der Waals surface area contributed by atoms with Crippen molar-refractivity contribution in [1.29, 1.82) is 0 Å². The average molecular weight is 230 g/mol. The summed E-state index contributed by atoms with van der Waals surface area (Å²) < 4.78 is 0. The maximum Gasteiger partial charge on any atom is 0.232 e. The van der Waals surface area contributed by atoms with Gasteiger partial charge >= 0.3 is 0 Å². The standard InChI is InChI=1S/C14H14OS/c1-11(2)12(3)14(15)9-10-16-13-7-5-4-6-8-13/h4-8H,1-3H3. The van der Waals surface area contributed by atoms with Crippen molar-refractivity contribution in [2.24, 2.45) is 0 Å². The maximum absolute atomic E-state index is 11.5. The Kier molecular flexibility index (Phi) is 4.88. The van der Waals surface area contributed by atoms with Gasteiger partial charge in [-0.15, -0.1) is 0 Å². The van der Waals surface area contributed by atoms with Crippen molar-refractivity contribution in [2.45, 2.75) is 25.7 Å². The average Bonchev–Trinajstić information content (AvgIpc) is 2.29. The van der Waals surface area contributed by atoms with Crippen LogP contribution in [0.2, 0.25) is 0 Å². The Morgan fingerprint density at radius 3 is 2.31 bits per heavy atom. The molecule has 82 valence electrons. The first kappa shape index (κ1) is 12.6. The highest BCUT2D eigenvalue weighted by Crippen LogP contribution is 2.15. The lowest BCUT2D eigenvalue weighted by Crippen LogP contribution is -1.96. The first-order valence-electron chi connectivity index (χ1n) is 5.02. The molecule has 0 bridgehead atoms. The maximum atomic E-state index is 11.5. The minimum absolute atomic E-state index is 0.0940. The quantitative estimate of drug-likeness (QED) is 0.438. The molecule has 0 saturated carbocycles. The van der Waals surface area contributed by atoms with Crippen LogP contribution in [0.15, 0.2) is 46.4 Å². The summed E-state index contributed by atoms with van der Waals surface area (Å²) in [4.78, 5) is 12.6. The third-order valence-electron chi connectivity index (χ3n) is 2.17. The van der Waals surface area contributed by atoms with E-state index in [0.29, 0.717) is 0 Å². The number of allylic oxidation sites excluding steroid dienone is 2. The molecule has 0 amide bonds. The van der Waals surface area contributed by atoms with Crippen molar-refractivity contribution in [2.75, 3.05) is 0 Å². The normalized spacial score (nSPS) is 8.94. The Morgan fingerprint density at radius 1 is 1.12 bits per heavy atom. The lowest BCUT2D eigenvalue weighted by Gasteiger charge is -1.95. The molecule has 0 aliphatic heterocycles. The van der Waals surface area contributed by atoms with E-state index in [1.165, 1.54) is 11.8 Å². The number of carbonyl (C=O) groups excluding carboxylic acids is 1. The van der Waals surface area contributed by atoms with Crippen LogP contribution in [0.1, 0.15) is 20.8 Å². The fraction of sp³-hybridized carbons (Fsp3) is 0.214. The monoisotopic (exact) mass is 230 g/mol. The van der Waals surface area contributed by atoms with E-state index >= 15 is 0 Å². The van der Waals surface area contributed by atoms with E-state index in [2.05, 4.69) is 11.2 Å². The Bertz CT molecular complexity index is 457. The molecule has 0 radical (unpaired) electrons. The second-order valence-electron chi connectivity index (χ2n) is 3.60. The van der Waals surface area contributed by atoms with Gasteiger partial charge in [-0.1, -0.05) is 23.8 Å². The predicted molar refractivity (Wildman–Crippen MR) is 69.1 cm³/mol. The van der Waals surface area contributed by atoms with Crippen molar-refractivity contribution < 1.29 is 4.79 Å². The number of ketones is 1. The number of rotatable bonds is 2. The van der Waals surface area contributed by atoms with Gasteiger partial charge in [0.15, 0.2) is 0 Å². The summed E-state index contributed by atoms with van der Waals surface area (Å²) in [6, 6.07) is 9.80. The lowest BCUT2D eigenvalue weighted by atomic mass is 10.1. The van der Waals surface area contributed by atoms with Crippen LogP contribution < -0.4 is 0 Å². The van der Waals surface area contributed by atoms with Gasteiger partial charge in [0.05, 0.1) is 0 Å². The summed E-state index contributed by atoms with van der Waals surface area (Å²) in [6.45, 7) is 5.64. The molecule has 16 heavy (non-hydrogen) atoms. The van der Waals surface area contributed by atoms with Gasteiger partial charge in [-0.2, -0.15) is 0 Å². The lowest BCUT2D eigenvalue weighted by molar-refractivity contribution is -0.110. The Labute approximate surface area is 101 Å². The van der Waals surface area contributed by atoms with E-state index < -0.39 is 0 Å². The minimum atomic E-state index is -0.0940. The fourth-order valence-electron chi connectivity index (χ4n) is 0.940. The molecule has 1 nitrogen and oxygen atoms in total. The van der Waals surface area contributed by atoms with E-state index in [1.807, 2.05) is 44.2 Å². The summed E-state index contributed by atoms with van der Waals surface area (Å²) in [7, 11) is 0. The largest absolute Gasteiger partial charge is 0.280 e. The van der Waals surface area contributed by atoms with Crippen LogP contribution in [0.4, 0.5) is 0 Å². The second-order valence-corrected chi connectivity index (χ2v) is 4.48. The van der Waals surface area contributed by atoms with Crippen LogP contribution in [0, 0.1) is 11.2 Å². The van der Waals surface area contributed by atoms with Crippen molar-refractivity contribution in [3.63, 3.8) is 0 Å². The third-order valence-corrected chi connectivity index (χ3v) is 2.88. The van der Waals surface area contributed by atoms with Gasteiger partial charge in [-0.25, -0.2) is 0 Å². The summed E-state index contributed by atoms with van der Waals surface area (Å²) in [5, 5.41) is 2.82. The molecule has 1 aromatic rings. The SMILES string of the molecule is CC(C)=C(C)C(=O)C#CSc1ccccc1. The molecule has 2 heteroatoms. The van der Waals surface area contributed by atoms with Gasteiger partial charge in [-0.05, 0) is 55.8 Å². The summed E-state index contributed by atoms with van der Waals surface area (Å²) in [5.41, 5.74) is 1.75. The van der Waals surface area contributed by atoms with E-state index in [0.717, 1.165) is 16.0 Å². The van der Waals surface area contributed by atoms with Crippen molar-refractivity contribution in [3.05, 3.63) is 41.5 Å². The predicted octanol–water partition coefficient (Wildman–Crippen LogP) is 3.67. The van der Waals surface area contributed by atoms with Crippen molar-refractivity contribution in [3.8, 4) is 11.2 Å². The van der Waals surface area contributed by atoms with E-state index in [1.54, 1.807) is 6.92 Å². The van der Waals surface area contributed by atoms with Crippen LogP contribution in [0.25, 0.3) is 0 Å². The molecule has 0 aliphatic rings. The van der Waals surface area contributed by atoms with Crippen molar-refractivity contribution in [1.82, 2.24) is 0 Å². The van der Waals surface area contributed by atoms with Gasteiger partial charge in [-0.3, -0.25) is 4.79 Å². The van der Waals surface area contributed by atoms with Crippen LogP contribution >= 0.6 is 11.8 Å². The molecule has 0 spiro atoms. The Balaban J connectivity index is 2.64. The van der Waals surface area contributed by atoms with E-state index in [9.17, 15) is 4.79 Å². The second kappa shape index (κ2) is 6.19. The minimum Gasteiger partial charge on any atom is -0.280 e. The first-order chi connectivity index (χ1) is 7.61. The number of hydrogen-bond acceptors (Lipinski definition) is 2. The molecular weight excluding hydrogens is 216 g/mol. The fourth-order valence-corrected chi connectivity index (χ4v) is 1.49. The van der Waals surface area contributed by atoms with E-state index in [-0.39, 0.29) is 5.78 Å². The van der Waals surface area contributed by atoms with Crippen LogP contribution in [0.5, 0.6) is 0 Å². The number of thioether (sulfide) groups is 1. The highest BCUT2D eigenvalue weighted by Gasteiger charge is 2.00. The van der Waals surface area contributed by atoms with Gasteiger partial charge in [0.2, 0.25) is 5.78 Å². The molecule has 0 saturated heterocycles. The molecular formula is C14H14OS. The topological polar surface area (TPSA) is 17.1 Å². The summed E-state index contributed by atoms with van der Waals surface area (Å²) in [6.07, 6.45) is 0. The number of Topliss-reactive ketones (excluding diaryl/α,β-unsaturated/α-hetero) is 1. The Hall–Kier alpha value is -1.46. The molecule has 0 heterocycles. The Morgan fingerprint density at radius 2 is 1.75 bits per heavy atom. The molecule has 0 aromatic heterocycles. The number of carbonyl (C=O) groups is 1. The zero-order chi connectivity index (χ0) is 12.0. The highest BCUT2D eigenvalue weighted by molar-refractivity contribution is 8.04. The molecule has 0 atom stereocenters. The number of benzene rings is 1. The van der Waals surface area contributed by atoms with E-state index in [4.69, 9.17) is 0 Å². The zero-order valence-electron chi connectivity index (χ0n) is 9.70. The van der Waals surface area contributed by atoms with Crippen LogP contribution in [-0.4, -0.2) is 5.78 Å². The van der Waals surface area contributed by atoms with Gasteiger partial charge in [0, 0.05) is 10.5 Å². The molecule has 0 fully saturated rings. The smallest absolute Gasteiger partial charge is 0.232 e. The zero-order valence-corrected chi connectivity index (χ0v) is 10.5. The molecule has 1 aromatic carbocycles. The van der Waals surface area contributed by atoms with Crippen molar-refractivity contribution >= 4 is 17.5 Å². The molecule has 1 rings (SSSR count). The summed E-state index contributed by atoms with van der Waals surface area (Å²) in [5.74, 6) is 2.53. The van der Waals surface area contributed by atoms with Crippen LogP contribution in [-0.2, 0) is 4.79 Å². The summed E-state index contributed by atoms with van der Waals surface area (Å²) >= 11 is 1.37. The van der Waals surface area contributed by atoms with Gasteiger partial charge in [0.25, 0.3) is 0 Å². The van der Waals surface area contributed by atoms with Crippen LogP contribution in [0.3, 0.4) is 0 Å².